The number of benzene rings is 1. The quantitative estimate of drug-likeness (QED) is 0.573. The fraction of sp³-hybridized carbons (Fsp3) is 0.524. The molecule has 8 nitrogen and oxygen atoms in total. The maximum absolute atomic E-state index is 13.0. The van der Waals surface area contributed by atoms with Crippen molar-refractivity contribution in [1.29, 1.82) is 0 Å². The molecule has 0 fully saturated rings. The van der Waals surface area contributed by atoms with E-state index in [0.29, 0.717) is 48.3 Å². The van der Waals surface area contributed by atoms with Crippen molar-refractivity contribution in [2.45, 2.75) is 53.0 Å². The minimum Gasteiger partial charge on any atom is -0.370 e. The molecular formula is C21H32ClN5O3S. The monoisotopic (exact) mass is 469 g/mol. The van der Waals surface area contributed by atoms with E-state index < -0.39 is 10.0 Å². The number of sulfonamides is 1. The van der Waals surface area contributed by atoms with Crippen LogP contribution in [-0.2, 0) is 21.4 Å². The Kier molecular flexibility index (Phi) is 8.50. The molecule has 0 saturated carbocycles. The van der Waals surface area contributed by atoms with Gasteiger partial charge in [0.25, 0.3) is 0 Å². The highest BCUT2D eigenvalue weighted by atomic mass is 35.5. The fourth-order valence-corrected chi connectivity index (χ4v) is 5.10. The molecule has 0 aliphatic rings. The third-order valence-electron chi connectivity index (χ3n) is 5.28. The summed E-state index contributed by atoms with van der Waals surface area (Å²) in [6, 6.07) is 4.88. The highest BCUT2D eigenvalue weighted by Gasteiger charge is 2.24. The summed E-state index contributed by atoms with van der Waals surface area (Å²) in [6.07, 6.45) is 0. The molecule has 1 amide bonds. The Bertz CT molecular complexity index is 1030. The number of rotatable bonds is 10. The summed E-state index contributed by atoms with van der Waals surface area (Å²) in [5.74, 6) is -0.312. The molecule has 2 rings (SSSR count). The average Bonchev–Trinajstić information content (AvgIpc) is 2.96. The molecule has 0 radical (unpaired) electrons. The molecule has 0 aliphatic heterocycles. The Morgan fingerprint density at radius 1 is 1.10 bits per heavy atom. The maximum atomic E-state index is 13.0. The summed E-state index contributed by atoms with van der Waals surface area (Å²) in [7, 11) is -3.65. The molecular weight excluding hydrogens is 438 g/mol. The summed E-state index contributed by atoms with van der Waals surface area (Å²) in [4.78, 5) is 15.0. The lowest BCUT2D eigenvalue weighted by molar-refractivity contribution is -0.116. The minimum atomic E-state index is -3.65. The third kappa shape index (κ3) is 5.39. The lowest BCUT2D eigenvalue weighted by Gasteiger charge is -2.26. The van der Waals surface area contributed by atoms with E-state index in [1.54, 1.807) is 44.5 Å². The van der Waals surface area contributed by atoms with Crippen molar-refractivity contribution in [3.63, 3.8) is 0 Å². The van der Waals surface area contributed by atoms with Crippen molar-refractivity contribution in [2.24, 2.45) is 0 Å². The molecule has 0 aliphatic carbocycles. The number of amides is 1. The molecule has 0 spiro atoms. The van der Waals surface area contributed by atoms with Crippen LogP contribution < -0.4 is 10.2 Å². The highest BCUT2D eigenvalue weighted by Crippen LogP contribution is 2.30. The molecule has 1 heterocycles. The normalized spacial score (nSPS) is 11.7. The van der Waals surface area contributed by atoms with Gasteiger partial charge in [-0.25, -0.2) is 8.42 Å². The van der Waals surface area contributed by atoms with Gasteiger partial charge in [0, 0.05) is 26.2 Å². The molecule has 2 aromatic rings. The van der Waals surface area contributed by atoms with Crippen LogP contribution >= 0.6 is 11.6 Å². The van der Waals surface area contributed by atoms with Crippen molar-refractivity contribution in [2.75, 3.05) is 36.4 Å². The van der Waals surface area contributed by atoms with Gasteiger partial charge < -0.3 is 10.2 Å². The third-order valence-corrected chi connectivity index (χ3v) is 7.87. The second kappa shape index (κ2) is 10.5. The van der Waals surface area contributed by atoms with Gasteiger partial charge in [-0.15, -0.1) is 0 Å². The molecule has 31 heavy (non-hydrogen) atoms. The Labute approximate surface area is 190 Å². The molecule has 1 aromatic heterocycles. The molecule has 0 bridgehead atoms. The lowest BCUT2D eigenvalue weighted by Crippen LogP contribution is -2.31. The number of nitrogens with one attached hydrogen (secondary N) is 1. The number of carbonyl (C=O) groups is 1. The van der Waals surface area contributed by atoms with Gasteiger partial charge in [0.05, 0.1) is 32.7 Å². The van der Waals surface area contributed by atoms with E-state index in [9.17, 15) is 13.2 Å². The first-order valence-electron chi connectivity index (χ1n) is 10.5. The molecule has 1 aromatic carbocycles. The van der Waals surface area contributed by atoms with Crippen LogP contribution in [0.5, 0.6) is 0 Å². The SMILES string of the molecule is CCN(CC)c1ccc(S(=O)(=O)N(CC)CC)cc1NC(=O)Cn1nc(C)c(Cl)c1C. The van der Waals surface area contributed by atoms with Gasteiger partial charge in [-0.2, -0.15) is 9.40 Å². The van der Waals surface area contributed by atoms with Crippen LogP contribution in [0.15, 0.2) is 23.1 Å². The van der Waals surface area contributed by atoms with Gasteiger partial charge in [0.2, 0.25) is 15.9 Å². The zero-order valence-electron chi connectivity index (χ0n) is 19.1. The highest BCUT2D eigenvalue weighted by molar-refractivity contribution is 7.89. The summed E-state index contributed by atoms with van der Waals surface area (Å²) < 4.78 is 28.9. The first kappa shape index (κ1) is 25.2. The lowest BCUT2D eigenvalue weighted by atomic mass is 10.2. The number of anilines is 2. The molecule has 0 atom stereocenters. The number of aryl methyl sites for hydroxylation is 1. The molecule has 0 saturated heterocycles. The van der Waals surface area contributed by atoms with E-state index in [1.165, 1.54) is 10.4 Å². The molecule has 172 valence electrons. The van der Waals surface area contributed by atoms with E-state index >= 15 is 0 Å². The van der Waals surface area contributed by atoms with E-state index in [4.69, 9.17) is 11.6 Å². The van der Waals surface area contributed by atoms with Crippen molar-refractivity contribution in [3.8, 4) is 0 Å². The predicted octanol–water partition coefficient (Wildman–Crippen LogP) is 3.67. The summed E-state index contributed by atoms with van der Waals surface area (Å²) in [6.45, 7) is 13.3. The number of halogens is 1. The second-order valence-electron chi connectivity index (χ2n) is 7.13. The topological polar surface area (TPSA) is 87.5 Å². The van der Waals surface area contributed by atoms with Crippen molar-refractivity contribution in [3.05, 3.63) is 34.6 Å². The van der Waals surface area contributed by atoms with Crippen LogP contribution in [-0.4, -0.2) is 54.6 Å². The van der Waals surface area contributed by atoms with Crippen LogP contribution in [0.2, 0.25) is 5.02 Å². The van der Waals surface area contributed by atoms with Gasteiger partial charge in [0.1, 0.15) is 6.54 Å². The van der Waals surface area contributed by atoms with Gasteiger partial charge in [0.15, 0.2) is 0 Å². The van der Waals surface area contributed by atoms with E-state index in [0.717, 1.165) is 5.69 Å². The Balaban J connectivity index is 2.44. The maximum Gasteiger partial charge on any atom is 0.246 e. The Hall–Kier alpha value is -2.10. The molecule has 1 N–H and O–H groups in total. The Morgan fingerprint density at radius 3 is 2.19 bits per heavy atom. The second-order valence-corrected chi connectivity index (χ2v) is 9.45. The van der Waals surface area contributed by atoms with Gasteiger partial charge in [-0.3, -0.25) is 9.48 Å². The number of hydrogen-bond acceptors (Lipinski definition) is 5. The fourth-order valence-electron chi connectivity index (χ4n) is 3.48. The largest absolute Gasteiger partial charge is 0.370 e. The zero-order chi connectivity index (χ0) is 23.3. The number of hydrogen-bond donors (Lipinski definition) is 1. The number of nitrogens with zero attached hydrogens (tertiary/aromatic N) is 4. The van der Waals surface area contributed by atoms with E-state index in [2.05, 4.69) is 15.3 Å². The molecule has 0 unspecified atom stereocenters. The number of carbonyl (C=O) groups excluding carboxylic acids is 1. The number of aromatic nitrogens is 2. The van der Waals surface area contributed by atoms with Gasteiger partial charge in [-0.05, 0) is 45.9 Å². The van der Waals surface area contributed by atoms with Crippen LogP contribution in [0.3, 0.4) is 0 Å². The van der Waals surface area contributed by atoms with Gasteiger partial charge in [-0.1, -0.05) is 25.4 Å². The molecule has 10 heteroatoms. The summed E-state index contributed by atoms with van der Waals surface area (Å²) >= 11 is 6.18. The van der Waals surface area contributed by atoms with Crippen LogP contribution in [0.4, 0.5) is 11.4 Å². The van der Waals surface area contributed by atoms with E-state index in [1.807, 2.05) is 13.8 Å². The Morgan fingerprint density at radius 2 is 1.71 bits per heavy atom. The smallest absolute Gasteiger partial charge is 0.246 e. The standard InChI is InChI=1S/C21H32ClN5O3S/c1-7-25(8-2)19-12-11-17(31(29,30)26(9-3)10-4)13-18(19)23-20(28)14-27-16(6)21(22)15(5)24-27/h11-13H,7-10,14H2,1-6H3,(H,23,28). The summed E-state index contributed by atoms with van der Waals surface area (Å²) in [5.41, 5.74) is 2.58. The first-order chi connectivity index (χ1) is 14.6. The first-order valence-corrected chi connectivity index (χ1v) is 12.3. The average molecular weight is 470 g/mol. The predicted molar refractivity (Wildman–Crippen MR) is 125 cm³/mol. The van der Waals surface area contributed by atoms with Crippen LogP contribution in [0.25, 0.3) is 0 Å². The van der Waals surface area contributed by atoms with Crippen molar-refractivity contribution in [1.82, 2.24) is 14.1 Å². The van der Waals surface area contributed by atoms with Crippen LogP contribution in [0, 0.1) is 13.8 Å². The van der Waals surface area contributed by atoms with Crippen LogP contribution in [0.1, 0.15) is 39.1 Å². The minimum absolute atomic E-state index is 0.0237. The van der Waals surface area contributed by atoms with Crippen molar-refractivity contribution >= 4 is 38.9 Å². The van der Waals surface area contributed by atoms with E-state index in [-0.39, 0.29) is 17.3 Å². The van der Waals surface area contributed by atoms with Crippen molar-refractivity contribution < 1.29 is 13.2 Å². The summed E-state index contributed by atoms with van der Waals surface area (Å²) in [5, 5.41) is 7.71. The zero-order valence-corrected chi connectivity index (χ0v) is 20.6. The van der Waals surface area contributed by atoms with Gasteiger partial charge >= 0.3 is 0 Å².